The fourth-order valence-corrected chi connectivity index (χ4v) is 3.75. The number of carbonyl (C=O) groups excluding carboxylic acids is 1. The normalized spacial score (nSPS) is 11.4. The molecule has 0 saturated heterocycles. The Balaban J connectivity index is 1.74. The summed E-state index contributed by atoms with van der Waals surface area (Å²) in [5.74, 6) is -0.0992. The Morgan fingerprint density at radius 1 is 0.844 bits per heavy atom. The van der Waals surface area contributed by atoms with Crippen molar-refractivity contribution >= 4 is 5.97 Å². The molecular weight excluding hydrogens is 412 g/mol. The lowest BCUT2D eigenvalue weighted by Crippen LogP contribution is -2.19. The second kappa shape index (κ2) is 8.26. The molecule has 9 heteroatoms. The molecule has 0 aliphatic heterocycles. The molecule has 3 heterocycles. The standard InChI is InChI=1S/C23H24N4O5/c1-11(2)31-23(30)15-7-5-14(6-8-15)16-9-10-17(32-16)20(18-12(3)24-26-21(18)28)19-13(4)25-27-22(19)29/h5-11,20H,1-4H3,(H2,24,26,28)(H2,25,27,29). The minimum Gasteiger partial charge on any atom is -0.460 e. The van der Waals surface area contributed by atoms with Gasteiger partial charge in [0.05, 0.1) is 28.7 Å². The van der Waals surface area contributed by atoms with Gasteiger partial charge in [-0.25, -0.2) is 4.79 Å². The number of aromatic amines is 4. The third kappa shape index (κ3) is 3.84. The molecule has 9 nitrogen and oxygen atoms in total. The summed E-state index contributed by atoms with van der Waals surface area (Å²) in [4.78, 5) is 37.1. The van der Waals surface area contributed by atoms with Crippen molar-refractivity contribution in [3.05, 3.63) is 90.9 Å². The molecule has 166 valence electrons. The van der Waals surface area contributed by atoms with Crippen LogP contribution in [0.3, 0.4) is 0 Å². The highest BCUT2D eigenvalue weighted by atomic mass is 16.5. The number of ether oxygens (including phenoxy) is 1. The number of hydrogen-bond acceptors (Lipinski definition) is 5. The van der Waals surface area contributed by atoms with Crippen LogP contribution < -0.4 is 11.1 Å². The van der Waals surface area contributed by atoms with E-state index in [0.29, 0.717) is 39.6 Å². The van der Waals surface area contributed by atoms with E-state index >= 15 is 0 Å². The van der Waals surface area contributed by atoms with E-state index in [2.05, 4.69) is 20.4 Å². The molecule has 4 aromatic rings. The van der Waals surface area contributed by atoms with Crippen molar-refractivity contribution in [3.8, 4) is 11.3 Å². The van der Waals surface area contributed by atoms with E-state index in [1.807, 2.05) is 0 Å². The Morgan fingerprint density at radius 2 is 1.41 bits per heavy atom. The second-order valence-electron chi connectivity index (χ2n) is 7.90. The molecule has 0 radical (unpaired) electrons. The van der Waals surface area contributed by atoms with Gasteiger partial charge in [0.25, 0.3) is 11.1 Å². The van der Waals surface area contributed by atoms with Crippen LogP contribution in [0.4, 0.5) is 0 Å². The molecule has 0 unspecified atom stereocenters. The monoisotopic (exact) mass is 436 g/mol. The van der Waals surface area contributed by atoms with E-state index < -0.39 is 11.9 Å². The van der Waals surface area contributed by atoms with Crippen LogP contribution in [0.2, 0.25) is 0 Å². The summed E-state index contributed by atoms with van der Waals surface area (Å²) in [5.41, 5.74) is 2.59. The fraction of sp³-hybridized carbons (Fsp3) is 0.261. The van der Waals surface area contributed by atoms with Crippen molar-refractivity contribution in [2.75, 3.05) is 0 Å². The zero-order valence-electron chi connectivity index (χ0n) is 18.2. The van der Waals surface area contributed by atoms with Gasteiger partial charge in [-0.15, -0.1) is 0 Å². The van der Waals surface area contributed by atoms with E-state index in [-0.39, 0.29) is 17.2 Å². The zero-order valence-corrected chi connectivity index (χ0v) is 18.2. The molecule has 4 rings (SSSR count). The van der Waals surface area contributed by atoms with E-state index in [4.69, 9.17) is 9.15 Å². The average Bonchev–Trinajstić information content (AvgIpc) is 3.45. The van der Waals surface area contributed by atoms with Gasteiger partial charge < -0.3 is 19.4 Å². The molecule has 3 aromatic heterocycles. The van der Waals surface area contributed by atoms with Crippen molar-refractivity contribution in [2.24, 2.45) is 0 Å². The molecule has 1 aromatic carbocycles. The average molecular weight is 436 g/mol. The van der Waals surface area contributed by atoms with E-state index in [1.165, 1.54) is 0 Å². The molecular formula is C23H24N4O5. The molecule has 0 aliphatic rings. The maximum absolute atomic E-state index is 12.5. The summed E-state index contributed by atoms with van der Waals surface area (Å²) in [7, 11) is 0. The van der Waals surface area contributed by atoms with Crippen molar-refractivity contribution in [1.29, 1.82) is 0 Å². The first-order valence-corrected chi connectivity index (χ1v) is 10.2. The molecule has 0 saturated carbocycles. The van der Waals surface area contributed by atoms with Gasteiger partial charge in [0.1, 0.15) is 11.5 Å². The molecule has 4 N–H and O–H groups in total. The van der Waals surface area contributed by atoms with Gasteiger partial charge in [0.2, 0.25) is 0 Å². The maximum atomic E-state index is 12.5. The van der Waals surface area contributed by atoms with Gasteiger partial charge in [-0.1, -0.05) is 12.1 Å². The summed E-state index contributed by atoms with van der Waals surface area (Å²) in [6.45, 7) is 7.10. The first-order chi connectivity index (χ1) is 15.3. The van der Waals surface area contributed by atoms with Crippen LogP contribution in [0.25, 0.3) is 11.3 Å². The lowest BCUT2D eigenvalue weighted by atomic mass is 9.89. The van der Waals surface area contributed by atoms with Crippen LogP contribution >= 0.6 is 0 Å². The van der Waals surface area contributed by atoms with Crippen LogP contribution in [-0.2, 0) is 4.74 Å². The van der Waals surface area contributed by atoms with Crippen LogP contribution in [0, 0.1) is 13.8 Å². The van der Waals surface area contributed by atoms with Crippen molar-refractivity contribution in [2.45, 2.75) is 39.7 Å². The predicted octanol–water partition coefficient (Wildman–Crippen LogP) is 3.34. The van der Waals surface area contributed by atoms with Crippen LogP contribution in [0.5, 0.6) is 0 Å². The molecule has 0 amide bonds. The predicted molar refractivity (Wildman–Crippen MR) is 118 cm³/mol. The third-order valence-corrected chi connectivity index (χ3v) is 5.26. The van der Waals surface area contributed by atoms with Crippen LogP contribution in [0.1, 0.15) is 58.4 Å². The number of carbonyl (C=O) groups is 1. The molecule has 32 heavy (non-hydrogen) atoms. The Morgan fingerprint density at radius 3 is 1.88 bits per heavy atom. The van der Waals surface area contributed by atoms with Gasteiger partial charge in [0, 0.05) is 17.0 Å². The largest absolute Gasteiger partial charge is 0.460 e. The first-order valence-electron chi connectivity index (χ1n) is 10.2. The zero-order chi connectivity index (χ0) is 23.0. The van der Waals surface area contributed by atoms with Gasteiger partial charge in [-0.3, -0.25) is 19.8 Å². The van der Waals surface area contributed by atoms with Crippen molar-refractivity contribution in [1.82, 2.24) is 20.4 Å². The Hall–Kier alpha value is -4.01. The third-order valence-electron chi connectivity index (χ3n) is 5.26. The number of rotatable bonds is 6. The number of benzene rings is 1. The molecule has 0 aliphatic carbocycles. The van der Waals surface area contributed by atoms with Gasteiger partial charge >= 0.3 is 5.97 Å². The first kappa shape index (κ1) is 21.2. The summed E-state index contributed by atoms with van der Waals surface area (Å²) < 4.78 is 11.3. The smallest absolute Gasteiger partial charge is 0.338 e. The van der Waals surface area contributed by atoms with Gasteiger partial charge in [0.15, 0.2) is 0 Å². The van der Waals surface area contributed by atoms with Crippen molar-refractivity contribution in [3.63, 3.8) is 0 Å². The number of nitrogens with one attached hydrogen (secondary N) is 4. The highest BCUT2D eigenvalue weighted by Gasteiger charge is 2.30. The number of aryl methyl sites for hydroxylation is 2. The number of hydrogen-bond donors (Lipinski definition) is 4. The summed E-state index contributed by atoms with van der Waals surface area (Å²) >= 11 is 0. The molecule has 0 spiro atoms. The summed E-state index contributed by atoms with van der Waals surface area (Å²) in [6.07, 6.45) is -0.202. The number of aromatic nitrogens is 4. The van der Waals surface area contributed by atoms with Gasteiger partial charge in [-0.2, -0.15) is 0 Å². The highest BCUT2D eigenvalue weighted by Crippen LogP contribution is 2.34. The number of esters is 1. The van der Waals surface area contributed by atoms with Gasteiger partial charge in [-0.05, 0) is 52.0 Å². The van der Waals surface area contributed by atoms with Crippen LogP contribution in [0.15, 0.2) is 50.4 Å². The van der Waals surface area contributed by atoms with Crippen LogP contribution in [-0.4, -0.2) is 32.5 Å². The quantitative estimate of drug-likeness (QED) is 0.344. The minimum absolute atomic E-state index is 0.202. The highest BCUT2D eigenvalue weighted by molar-refractivity contribution is 5.90. The molecule has 0 fully saturated rings. The molecule has 0 bridgehead atoms. The second-order valence-corrected chi connectivity index (χ2v) is 7.90. The van der Waals surface area contributed by atoms with E-state index in [9.17, 15) is 14.4 Å². The number of H-pyrrole nitrogens is 4. The lowest BCUT2D eigenvalue weighted by molar-refractivity contribution is 0.0378. The topological polar surface area (TPSA) is 137 Å². The van der Waals surface area contributed by atoms with E-state index in [1.54, 1.807) is 64.1 Å². The lowest BCUT2D eigenvalue weighted by Gasteiger charge is -2.12. The number of furan rings is 1. The summed E-state index contributed by atoms with van der Waals surface area (Å²) in [6, 6.07) is 10.4. The van der Waals surface area contributed by atoms with E-state index in [0.717, 1.165) is 5.56 Å². The van der Waals surface area contributed by atoms with Crippen molar-refractivity contribution < 1.29 is 13.9 Å². The fourth-order valence-electron chi connectivity index (χ4n) is 3.75. The minimum atomic E-state index is -0.700. The Bertz CT molecular complexity index is 1310. The molecule has 0 atom stereocenters. The SMILES string of the molecule is Cc1[nH][nH]c(=O)c1C(c1ccc(-c2ccc(C(=O)OC(C)C)cc2)o1)c1c(C)[nH][nH]c1=O. The summed E-state index contributed by atoms with van der Waals surface area (Å²) in [5, 5.41) is 10.8. The maximum Gasteiger partial charge on any atom is 0.338 e. The Kier molecular flexibility index (Phi) is 5.48. The Labute approximate surface area is 182 Å².